The normalized spacial score (nSPS) is 17.0. The number of nitrogens with two attached hydrogens (primary N) is 1. The first-order valence-electron chi connectivity index (χ1n) is 6.97. The van der Waals surface area contributed by atoms with Crippen LogP contribution in [0.15, 0.2) is 18.2 Å². The van der Waals surface area contributed by atoms with E-state index in [1.54, 1.807) is 25.3 Å². The number of hydrogen-bond donors (Lipinski definition) is 2. The summed E-state index contributed by atoms with van der Waals surface area (Å²) in [5, 5.41) is 2.93. The minimum absolute atomic E-state index is 0.111. The fraction of sp³-hybridized carbons (Fsp3) is 0.438. The first-order valence-corrected chi connectivity index (χ1v) is 6.97. The zero-order valence-electron chi connectivity index (χ0n) is 12.1. The highest BCUT2D eigenvalue weighted by Gasteiger charge is 2.17. The molecular weight excluding hydrogens is 268 g/mol. The minimum atomic E-state index is -0.111. The first kappa shape index (κ1) is 15.4. The molecule has 0 aromatic heterocycles. The van der Waals surface area contributed by atoms with Gasteiger partial charge in [-0.1, -0.05) is 11.8 Å². The average Bonchev–Trinajstić information content (AvgIpc) is 3.03. The maximum Gasteiger partial charge on any atom is 0.251 e. The van der Waals surface area contributed by atoms with Crippen molar-refractivity contribution in [2.75, 3.05) is 33.4 Å². The Balaban J connectivity index is 2.05. The van der Waals surface area contributed by atoms with E-state index in [1.165, 1.54) is 0 Å². The van der Waals surface area contributed by atoms with Crippen LogP contribution in [0.4, 0.5) is 0 Å². The Hall–Kier alpha value is -2.03. The van der Waals surface area contributed by atoms with Crippen molar-refractivity contribution in [2.24, 2.45) is 11.7 Å². The Bertz CT molecular complexity index is 554. The van der Waals surface area contributed by atoms with E-state index in [9.17, 15) is 4.79 Å². The smallest absolute Gasteiger partial charge is 0.251 e. The van der Waals surface area contributed by atoms with Crippen LogP contribution in [0.25, 0.3) is 0 Å². The van der Waals surface area contributed by atoms with E-state index in [-0.39, 0.29) is 12.5 Å². The molecule has 21 heavy (non-hydrogen) atoms. The monoisotopic (exact) mass is 288 g/mol. The first-order chi connectivity index (χ1) is 10.2. The largest absolute Gasteiger partial charge is 0.495 e. The highest BCUT2D eigenvalue weighted by molar-refractivity contribution is 5.94. The van der Waals surface area contributed by atoms with Crippen LogP contribution in [-0.2, 0) is 4.74 Å². The van der Waals surface area contributed by atoms with Crippen molar-refractivity contribution in [1.82, 2.24) is 5.32 Å². The summed E-state index contributed by atoms with van der Waals surface area (Å²) in [6.45, 7) is 2.40. The molecule has 0 spiro atoms. The Kier molecular flexibility index (Phi) is 5.61. The maximum absolute atomic E-state index is 12.2. The molecule has 5 heteroatoms. The topological polar surface area (TPSA) is 73.6 Å². The van der Waals surface area contributed by atoms with Crippen LogP contribution in [0.2, 0.25) is 0 Å². The van der Waals surface area contributed by atoms with Crippen LogP contribution < -0.4 is 15.8 Å². The van der Waals surface area contributed by atoms with Crippen molar-refractivity contribution in [2.45, 2.75) is 6.42 Å². The molecule has 0 bridgehead atoms. The van der Waals surface area contributed by atoms with Crippen molar-refractivity contribution in [1.29, 1.82) is 0 Å². The molecule has 0 saturated carbocycles. The van der Waals surface area contributed by atoms with Gasteiger partial charge in [-0.15, -0.1) is 0 Å². The fourth-order valence-corrected chi connectivity index (χ4v) is 2.18. The summed E-state index contributed by atoms with van der Waals surface area (Å²) in [7, 11) is 1.57. The quantitative estimate of drug-likeness (QED) is 0.803. The summed E-state index contributed by atoms with van der Waals surface area (Å²) < 4.78 is 10.5. The van der Waals surface area contributed by atoms with Crippen LogP contribution in [0.1, 0.15) is 22.3 Å². The number of benzene rings is 1. The number of rotatable bonds is 4. The van der Waals surface area contributed by atoms with Gasteiger partial charge in [-0.3, -0.25) is 4.79 Å². The van der Waals surface area contributed by atoms with E-state index in [0.717, 1.165) is 19.6 Å². The number of carbonyl (C=O) groups is 1. The van der Waals surface area contributed by atoms with Gasteiger partial charge in [0.05, 0.1) is 25.8 Å². The van der Waals surface area contributed by atoms with Gasteiger partial charge in [-0.05, 0) is 24.6 Å². The average molecular weight is 288 g/mol. The van der Waals surface area contributed by atoms with Gasteiger partial charge in [-0.2, -0.15) is 0 Å². The maximum atomic E-state index is 12.2. The molecule has 1 aromatic carbocycles. The molecule has 2 rings (SSSR count). The fourth-order valence-electron chi connectivity index (χ4n) is 2.18. The molecule has 0 aliphatic carbocycles. The molecule has 1 atom stereocenters. The highest BCUT2D eigenvalue weighted by Crippen LogP contribution is 2.19. The van der Waals surface area contributed by atoms with Gasteiger partial charge in [0.1, 0.15) is 5.75 Å². The molecule has 1 aliphatic rings. The van der Waals surface area contributed by atoms with E-state index in [1.807, 2.05) is 0 Å². The predicted molar refractivity (Wildman–Crippen MR) is 80.2 cm³/mol. The van der Waals surface area contributed by atoms with Crippen molar-refractivity contribution < 1.29 is 14.3 Å². The Morgan fingerprint density at radius 2 is 2.43 bits per heavy atom. The Morgan fingerprint density at radius 3 is 3.10 bits per heavy atom. The van der Waals surface area contributed by atoms with Gasteiger partial charge >= 0.3 is 0 Å². The van der Waals surface area contributed by atoms with Gasteiger partial charge in [0.2, 0.25) is 0 Å². The molecule has 1 aliphatic heterocycles. The summed E-state index contributed by atoms with van der Waals surface area (Å²) in [6, 6.07) is 5.20. The number of carbonyl (C=O) groups excluding carboxylic acids is 1. The third-order valence-electron chi connectivity index (χ3n) is 3.36. The van der Waals surface area contributed by atoms with Crippen molar-refractivity contribution >= 4 is 5.91 Å². The molecule has 0 radical (unpaired) electrons. The molecular formula is C16H20N2O3. The lowest BCUT2D eigenvalue weighted by molar-refractivity contribution is 0.0945. The van der Waals surface area contributed by atoms with Crippen molar-refractivity contribution in [3.8, 4) is 17.6 Å². The van der Waals surface area contributed by atoms with Gasteiger partial charge in [0.15, 0.2) is 0 Å². The van der Waals surface area contributed by atoms with E-state index < -0.39 is 0 Å². The number of ether oxygens (including phenoxy) is 2. The van der Waals surface area contributed by atoms with Gasteiger partial charge in [-0.25, -0.2) is 0 Å². The van der Waals surface area contributed by atoms with Crippen LogP contribution in [0, 0.1) is 17.8 Å². The summed E-state index contributed by atoms with van der Waals surface area (Å²) in [5.74, 6) is 6.62. The minimum Gasteiger partial charge on any atom is -0.495 e. The van der Waals surface area contributed by atoms with Crippen molar-refractivity contribution in [3.63, 3.8) is 0 Å². The van der Waals surface area contributed by atoms with Crippen LogP contribution in [-0.4, -0.2) is 39.3 Å². The molecule has 1 fully saturated rings. The molecule has 1 saturated heterocycles. The third kappa shape index (κ3) is 4.22. The predicted octanol–water partition coefficient (Wildman–Crippen LogP) is 0.772. The number of hydrogen-bond acceptors (Lipinski definition) is 4. The lowest BCUT2D eigenvalue weighted by Gasteiger charge is -2.10. The lowest BCUT2D eigenvalue weighted by atomic mass is 10.1. The third-order valence-corrected chi connectivity index (χ3v) is 3.36. The van der Waals surface area contributed by atoms with E-state index in [4.69, 9.17) is 15.2 Å². The van der Waals surface area contributed by atoms with Crippen LogP contribution in [0.3, 0.4) is 0 Å². The molecule has 1 heterocycles. The van der Waals surface area contributed by atoms with Gasteiger partial charge < -0.3 is 20.5 Å². The second kappa shape index (κ2) is 7.67. The van der Waals surface area contributed by atoms with Gasteiger partial charge in [0.25, 0.3) is 5.91 Å². The van der Waals surface area contributed by atoms with E-state index in [0.29, 0.717) is 29.3 Å². The molecule has 1 aromatic rings. The molecule has 1 unspecified atom stereocenters. The summed E-state index contributed by atoms with van der Waals surface area (Å²) in [4.78, 5) is 12.2. The molecule has 112 valence electrons. The van der Waals surface area contributed by atoms with E-state index >= 15 is 0 Å². The zero-order chi connectivity index (χ0) is 15.1. The number of methoxy groups -OCH3 is 1. The summed E-state index contributed by atoms with van der Waals surface area (Å²) in [6.07, 6.45) is 0.996. The molecule has 5 nitrogen and oxygen atoms in total. The summed E-state index contributed by atoms with van der Waals surface area (Å²) >= 11 is 0. The SMILES string of the molecule is COc1ccc(C(=O)NCC2CCOC2)cc1C#CCN. The number of amides is 1. The lowest BCUT2D eigenvalue weighted by Crippen LogP contribution is -2.29. The van der Waals surface area contributed by atoms with Gasteiger partial charge in [0, 0.05) is 24.6 Å². The second-order valence-electron chi connectivity index (χ2n) is 4.86. The van der Waals surface area contributed by atoms with Crippen LogP contribution >= 0.6 is 0 Å². The molecule has 1 amide bonds. The summed E-state index contributed by atoms with van der Waals surface area (Å²) in [5.41, 5.74) is 6.61. The van der Waals surface area contributed by atoms with E-state index in [2.05, 4.69) is 17.2 Å². The Labute approximate surface area is 124 Å². The highest BCUT2D eigenvalue weighted by atomic mass is 16.5. The second-order valence-corrected chi connectivity index (χ2v) is 4.86. The standard InChI is InChI=1S/C16H20N2O3/c1-20-15-5-4-14(9-13(15)3-2-7-17)16(19)18-10-12-6-8-21-11-12/h4-5,9,12H,6-8,10-11,17H2,1H3,(H,18,19). The Morgan fingerprint density at radius 1 is 1.57 bits per heavy atom. The molecule has 3 N–H and O–H groups in total. The zero-order valence-corrected chi connectivity index (χ0v) is 12.1. The van der Waals surface area contributed by atoms with Crippen molar-refractivity contribution in [3.05, 3.63) is 29.3 Å². The number of nitrogens with one attached hydrogen (secondary N) is 1. The van der Waals surface area contributed by atoms with Crippen LogP contribution in [0.5, 0.6) is 5.75 Å².